The van der Waals surface area contributed by atoms with Crippen molar-refractivity contribution in [2.75, 3.05) is 0 Å². The molecule has 3 rings (SSSR count). The topological polar surface area (TPSA) is 51.2 Å². The van der Waals surface area contributed by atoms with Gasteiger partial charge in [-0.25, -0.2) is 5.43 Å². The van der Waals surface area contributed by atoms with Crippen molar-refractivity contribution in [1.29, 1.82) is 0 Å². The van der Waals surface area contributed by atoms with Gasteiger partial charge >= 0.3 is 0 Å². The number of nitrogens with two attached hydrogens (primary N) is 1. The van der Waals surface area contributed by atoms with Crippen LogP contribution in [0.15, 0.2) is 46.9 Å². The smallest absolute Gasteiger partial charge is 0.134 e. The first-order valence-electron chi connectivity index (χ1n) is 5.48. The Hall–Kier alpha value is -1.33. The van der Waals surface area contributed by atoms with E-state index in [1.807, 2.05) is 42.5 Å². The maximum atomic E-state index is 5.95. The van der Waals surface area contributed by atoms with E-state index in [4.69, 9.17) is 21.9 Å². The predicted molar refractivity (Wildman–Crippen MR) is 74.7 cm³/mol. The van der Waals surface area contributed by atoms with E-state index < -0.39 is 0 Å². The van der Waals surface area contributed by atoms with Gasteiger partial charge in [-0.2, -0.15) is 0 Å². The first-order chi connectivity index (χ1) is 8.78. The van der Waals surface area contributed by atoms with Gasteiger partial charge in [0.1, 0.15) is 17.4 Å². The van der Waals surface area contributed by atoms with Crippen molar-refractivity contribution in [2.24, 2.45) is 5.84 Å². The average Bonchev–Trinajstić information content (AvgIpc) is 2.96. The molecule has 3 aromatic rings. The third-order valence-corrected chi connectivity index (χ3v) is 4.07. The fourth-order valence-electron chi connectivity index (χ4n) is 1.93. The number of benzene rings is 1. The number of thiophene rings is 1. The number of fused-ring (bicyclic) bond motifs is 1. The lowest BCUT2D eigenvalue weighted by atomic mass is 10.2. The van der Waals surface area contributed by atoms with E-state index in [9.17, 15) is 0 Å². The SMILES string of the molecule is NNC(c1cc2ccccc2o1)c1ccc(Cl)s1. The zero-order chi connectivity index (χ0) is 12.5. The lowest BCUT2D eigenvalue weighted by molar-refractivity contribution is 0.481. The number of hydrazine groups is 1. The van der Waals surface area contributed by atoms with Crippen molar-refractivity contribution < 1.29 is 4.42 Å². The molecular formula is C13H11ClN2OS. The number of rotatable bonds is 3. The maximum absolute atomic E-state index is 5.95. The second-order valence-electron chi connectivity index (χ2n) is 3.93. The van der Waals surface area contributed by atoms with Gasteiger partial charge in [0.2, 0.25) is 0 Å². The summed E-state index contributed by atoms with van der Waals surface area (Å²) in [5, 5.41) is 1.07. The zero-order valence-corrected chi connectivity index (χ0v) is 11.0. The fourth-order valence-corrected chi connectivity index (χ4v) is 3.06. The summed E-state index contributed by atoms with van der Waals surface area (Å²) in [6.07, 6.45) is 0. The Labute approximate surface area is 113 Å². The van der Waals surface area contributed by atoms with Crippen molar-refractivity contribution in [3.63, 3.8) is 0 Å². The van der Waals surface area contributed by atoms with E-state index >= 15 is 0 Å². The normalized spacial score (nSPS) is 13.0. The lowest BCUT2D eigenvalue weighted by Gasteiger charge is -2.10. The van der Waals surface area contributed by atoms with Crippen molar-refractivity contribution in [3.8, 4) is 0 Å². The molecule has 18 heavy (non-hydrogen) atoms. The molecule has 3 nitrogen and oxygen atoms in total. The van der Waals surface area contributed by atoms with Gasteiger partial charge in [0.15, 0.2) is 0 Å². The Bertz CT molecular complexity index is 643. The summed E-state index contributed by atoms with van der Waals surface area (Å²) in [7, 11) is 0. The highest BCUT2D eigenvalue weighted by Crippen LogP contribution is 2.33. The van der Waals surface area contributed by atoms with E-state index in [0.29, 0.717) is 0 Å². The van der Waals surface area contributed by atoms with E-state index in [1.54, 1.807) is 0 Å². The number of halogens is 1. The van der Waals surface area contributed by atoms with Crippen LogP contribution in [0, 0.1) is 0 Å². The molecule has 1 unspecified atom stereocenters. The molecule has 0 amide bonds. The van der Waals surface area contributed by atoms with E-state index in [-0.39, 0.29) is 6.04 Å². The van der Waals surface area contributed by atoms with Crippen LogP contribution in [0.1, 0.15) is 16.7 Å². The number of nitrogens with one attached hydrogen (secondary N) is 1. The number of hydrogen-bond donors (Lipinski definition) is 2. The van der Waals surface area contributed by atoms with Gasteiger partial charge in [-0.15, -0.1) is 11.3 Å². The molecule has 92 valence electrons. The second-order valence-corrected chi connectivity index (χ2v) is 5.67. The second kappa shape index (κ2) is 4.74. The Morgan fingerprint density at radius 2 is 2.06 bits per heavy atom. The van der Waals surface area contributed by atoms with Gasteiger partial charge in [0, 0.05) is 10.3 Å². The molecule has 0 aliphatic heterocycles. The monoisotopic (exact) mass is 278 g/mol. The van der Waals surface area contributed by atoms with Crippen LogP contribution in [0.2, 0.25) is 4.34 Å². The summed E-state index contributed by atoms with van der Waals surface area (Å²) < 4.78 is 6.54. The van der Waals surface area contributed by atoms with E-state index in [0.717, 1.165) is 25.9 Å². The molecule has 1 aromatic carbocycles. The average molecular weight is 279 g/mol. The molecule has 1 atom stereocenters. The fraction of sp³-hybridized carbons (Fsp3) is 0.0769. The number of furan rings is 1. The van der Waals surface area contributed by atoms with Crippen LogP contribution in [0.3, 0.4) is 0 Å². The van der Waals surface area contributed by atoms with Crippen molar-refractivity contribution in [2.45, 2.75) is 6.04 Å². The Morgan fingerprint density at radius 3 is 2.72 bits per heavy atom. The van der Waals surface area contributed by atoms with Crippen molar-refractivity contribution in [3.05, 3.63) is 57.4 Å². The van der Waals surface area contributed by atoms with E-state index in [2.05, 4.69) is 5.43 Å². The molecular weight excluding hydrogens is 268 g/mol. The Kier molecular flexibility index (Phi) is 3.09. The highest BCUT2D eigenvalue weighted by atomic mass is 35.5. The van der Waals surface area contributed by atoms with Crippen LogP contribution in [-0.4, -0.2) is 0 Å². The standard InChI is InChI=1S/C13H11ClN2OS/c14-12-6-5-11(18-12)13(16-15)10-7-8-3-1-2-4-9(8)17-10/h1-7,13,16H,15H2. The van der Waals surface area contributed by atoms with Crippen LogP contribution in [0.5, 0.6) is 0 Å². The van der Waals surface area contributed by atoms with Gasteiger partial charge in [-0.1, -0.05) is 29.8 Å². The molecule has 0 saturated carbocycles. The minimum Gasteiger partial charge on any atom is -0.459 e. The minimum atomic E-state index is -0.171. The largest absolute Gasteiger partial charge is 0.459 e. The predicted octanol–water partition coefficient (Wildman–Crippen LogP) is 3.70. The molecule has 5 heteroatoms. The molecule has 0 bridgehead atoms. The molecule has 0 fully saturated rings. The van der Waals surface area contributed by atoms with Gasteiger partial charge in [0.05, 0.1) is 4.34 Å². The maximum Gasteiger partial charge on any atom is 0.134 e. The summed E-state index contributed by atoms with van der Waals surface area (Å²) in [4.78, 5) is 1.03. The van der Waals surface area contributed by atoms with Crippen LogP contribution in [0.4, 0.5) is 0 Å². The summed E-state index contributed by atoms with van der Waals surface area (Å²) in [5.74, 6) is 6.41. The first kappa shape index (κ1) is 11.7. The zero-order valence-electron chi connectivity index (χ0n) is 9.39. The molecule has 0 aliphatic rings. The molecule has 0 spiro atoms. The quantitative estimate of drug-likeness (QED) is 0.567. The van der Waals surface area contributed by atoms with Crippen molar-refractivity contribution >= 4 is 33.9 Å². The summed E-state index contributed by atoms with van der Waals surface area (Å²) in [5.41, 5.74) is 3.62. The van der Waals surface area contributed by atoms with Crippen LogP contribution >= 0.6 is 22.9 Å². The molecule has 2 aromatic heterocycles. The number of hydrogen-bond acceptors (Lipinski definition) is 4. The third kappa shape index (κ3) is 2.04. The lowest BCUT2D eigenvalue weighted by Crippen LogP contribution is -2.27. The first-order valence-corrected chi connectivity index (χ1v) is 6.67. The van der Waals surface area contributed by atoms with Crippen molar-refractivity contribution in [1.82, 2.24) is 5.43 Å². The highest BCUT2D eigenvalue weighted by Gasteiger charge is 2.18. The van der Waals surface area contributed by atoms with Crippen LogP contribution in [0.25, 0.3) is 11.0 Å². The highest BCUT2D eigenvalue weighted by molar-refractivity contribution is 7.16. The summed E-state index contributed by atoms with van der Waals surface area (Å²) >= 11 is 7.44. The Balaban J connectivity index is 2.05. The Morgan fingerprint density at radius 1 is 1.22 bits per heavy atom. The van der Waals surface area contributed by atoms with E-state index in [1.165, 1.54) is 11.3 Å². The summed E-state index contributed by atoms with van der Waals surface area (Å²) in [6.45, 7) is 0. The molecule has 0 radical (unpaired) electrons. The molecule has 3 N–H and O–H groups in total. The summed E-state index contributed by atoms with van der Waals surface area (Å²) in [6, 6.07) is 13.5. The third-order valence-electron chi connectivity index (χ3n) is 2.77. The van der Waals surface area contributed by atoms with Gasteiger partial charge in [0.25, 0.3) is 0 Å². The number of para-hydroxylation sites is 1. The van der Waals surface area contributed by atoms with Crippen LogP contribution in [-0.2, 0) is 0 Å². The van der Waals surface area contributed by atoms with Gasteiger partial charge in [-0.3, -0.25) is 5.84 Å². The van der Waals surface area contributed by atoms with Crippen LogP contribution < -0.4 is 11.3 Å². The van der Waals surface area contributed by atoms with Gasteiger partial charge < -0.3 is 4.42 Å². The molecule has 2 heterocycles. The molecule has 0 aliphatic carbocycles. The molecule has 0 saturated heterocycles. The minimum absolute atomic E-state index is 0.171. The van der Waals surface area contributed by atoms with Gasteiger partial charge in [-0.05, 0) is 24.3 Å².